The minimum absolute atomic E-state index is 0.0377. The monoisotopic (exact) mass is 283 g/mol. The first-order valence-electron chi connectivity index (χ1n) is 6.48. The minimum Gasteiger partial charge on any atom is -0.311 e. The molecule has 1 aromatic carbocycles. The zero-order valence-electron chi connectivity index (χ0n) is 12.2. The maximum atomic E-state index is 13.3. The van der Waals surface area contributed by atoms with E-state index < -0.39 is 0 Å². The summed E-state index contributed by atoms with van der Waals surface area (Å²) in [4.78, 5) is 0. The predicted octanol–water partition coefficient (Wildman–Crippen LogP) is 4.60. The van der Waals surface area contributed by atoms with Crippen LogP contribution in [0.3, 0.4) is 0 Å². The van der Waals surface area contributed by atoms with Gasteiger partial charge < -0.3 is 5.32 Å². The average molecular weight is 284 g/mol. The lowest BCUT2D eigenvalue weighted by Gasteiger charge is -2.31. The fraction of sp³-hybridized carbons (Fsp3) is 0.500. The Morgan fingerprint density at radius 1 is 1.32 bits per heavy atom. The summed E-state index contributed by atoms with van der Waals surface area (Å²) in [6, 6.07) is 4.48. The standard InChI is InChI=1S/C16H23ClFN/c1-6-16(5,11-19-15(2,3)4)10-12-9-13(18)7-8-14(12)17/h6-9,19H,1,10-11H2,2-5H3. The summed E-state index contributed by atoms with van der Waals surface area (Å²) in [5.74, 6) is -0.255. The average Bonchev–Trinajstić information content (AvgIpc) is 2.31. The van der Waals surface area contributed by atoms with Crippen LogP contribution < -0.4 is 5.32 Å². The molecule has 0 fully saturated rings. The molecule has 19 heavy (non-hydrogen) atoms. The van der Waals surface area contributed by atoms with Gasteiger partial charge in [-0.3, -0.25) is 0 Å². The summed E-state index contributed by atoms with van der Waals surface area (Å²) in [6.45, 7) is 13.1. The van der Waals surface area contributed by atoms with E-state index >= 15 is 0 Å². The van der Waals surface area contributed by atoms with Gasteiger partial charge in [-0.05, 0) is 51.0 Å². The van der Waals surface area contributed by atoms with Crippen LogP contribution in [-0.2, 0) is 6.42 Å². The summed E-state index contributed by atoms with van der Waals surface area (Å²) >= 11 is 6.13. The summed E-state index contributed by atoms with van der Waals surface area (Å²) in [5.41, 5.74) is 0.695. The minimum atomic E-state index is -0.255. The third-order valence-electron chi connectivity index (χ3n) is 3.12. The van der Waals surface area contributed by atoms with Gasteiger partial charge in [0, 0.05) is 22.5 Å². The molecule has 0 aliphatic rings. The highest BCUT2D eigenvalue weighted by Gasteiger charge is 2.24. The molecule has 0 radical (unpaired) electrons. The van der Waals surface area contributed by atoms with E-state index in [2.05, 4.69) is 39.6 Å². The molecule has 0 aliphatic carbocycles. The molecular formula is C16H23ClFN. The zero-order valence-corrected chi connectivity index (χ0v) is 12.9. The molecule has 0 heterocycles. The quantitative estimate of drug-likeness (QED) is 0.779. The normalized spacial score (nSPS) is 15.1. The van der Waals surface area contributed by atoms with Crippen LogP contribution in [0.2, 0.25) is 5.02 Å². The first kappa shape index (κ1) is 16.2. The molecule has 0 aliphatic heterocycles. The Balaban J connectivity index is 2.85. The van der Waals surface area contributed by atoms with Crippen molar-refractivity contribution in [3.05, 3.63) is 47.3 Å². The van der Waals surface area contributed by atoms with Crippen molar-refractivity contribution in [3.63, 3.8) is 0 Å². The van der Waals surface area contributed by atoms with Gasteiger partial charge in [0.2, 0.25) is 0 Å². The first-order valence-corrected chi connectivity index (χ1v) is 6.86. The Labute approximate surface area is 120 Å². The largest absolute Gasteiger partial charge is 0.311 e. The number of benzene rings is 1. The van der Waals surface area contributed by atoms with Crippen molar-refractivity contribution in [3.8, 4) is 0 Å². The maximum absolute atomic E-state index is 13.3. The molecule has 0 bridgehead atoms. The van der Waals surface area contributed by atoms with E-state index in [1.165, 1.54) is 12.1 Å². The topological polar surface area (TPSA) is 12.0 Å². The fourth-order valence-electron chi connectivity index (χ4n) is 1.79. The zero-order chi connectivity index (χ0) is 14.7. The van der Waals surface area contributed by atoms with Crippen LogP contribution in [0.25, 0.3) is 0 Å². The fourth-order valence-corrected chi connectivity index (χ4v) is 1.97. The van der Waals surface area contributed by atoms with Crippen LogP contribution >= 0.6 is 11.6 Å². The van der Waals surface area contributed by atoms with E-state index in [1.807, 2.05) is 6.08 Å². The molecule has 0 saturated heterocycles. The summed E-state index contributed by atoms with van der Waals surface area (Å²) < 4.78 is 13.3. The highest BCUT2D eigenvalue weighted by Crippen LogP contribution is 2.28. The Hall–Kier alpha value is -0.860. The van der Waals surface area contributed by atoms with Gasteiger partial charge >= 0.3 is 0 Å². The molecule has 1 rings (SSSR count). The molecule has 1 nitrogen and oxygen atoms in total. The SMILES string of the molecule is C=CC(C)(CNC(C)(C)C)Cc1cc(F)ccc1Cl. The molecule has 0 spiro atoms. The number of rotatable bonds is 5. The summed E-state index contributed by atoms with van der Waals surface area (Å²) in [5, 5.41) is 4.06. The van der Waals surface area contributed by atoms with Crippen LogP contribution in [0, 0.1) is 11.2 Å². The van der Waals surface area contributed by atoms with Crippen LogP contribution in [0.4, 0.5) is 4.39 Å². The van der Waals surface area contributed by atoms with Gasteiger partial charge in [0.05, 0.1) is 0 Å². The molecule has 0 aromatic heterocycles. The van der Waals surface area contributed by atoms with Crippen molar-refractivity contribution in [2.75, 3.05) is 6.54 Å². The van der Waals surface area contributed by atoms with E-state index in [-0.39, 0.29) is 16.8 Å². The maximum Gasteiger partial charge on any atom is 0.123 e. The first-order chi connectivity index (χ1) is 8.65. The molecule has 3 heteroatoms. The summed E-state index contributed by atoms with van der Waals surface area (Å²) in [6.07, 6.45) is 2.57. The van der Waals surface area contributed by atoms with Gasteiger partial charge in [0.15, 0.2) is 0 Å². The second-order valence-corrected chi connectivity index (χ2v) is 6.78. The van der Waals surface area contributed by atoms with Gasteiger partial charge in [-0.1, -0.05) is 24.6 Å². The van der Waals surface area contributed by atoms with Crippen LogP contribution in [-0.4, -0.2) is 12.1 Å². The van der Waals surface area contributed by atoms with Crippen LogP contribution in [0.15, 0.2) is 30.9 Å². The molecule has 1 unspecified atom stereocenters. The Morgan fingerprint density at radius 2 is 1.95 bits per heavy atom. The molecule has 1 atom stereocenters. The highest BCUT2D eigenvalue weighted by atomic mass is 35.5. The predicted molar refractivity (Wildman–Crippen MR) is 81.2 cm³/mol. The highest BCUT2D eigenvalue weighted by molar-refractivity contribution is 6.31. The van der Waals surface area contributed by atoms with E-state index in [0.717, 1.165) is 12.1 Å². The van der Waals surface area contributed by atoms with Crippen molar-refractivity contribution >= 4 is 11.6 Å². The van der Waals surface area contributed by atoms with Gasteiger partial charge in [-0.25, -0.2) is 4.39 Å². The van der Waals surface area contributed by atoms with Crippen molar-refractivity contribution < 1.29 is 4.39 Å². The third-order valence-corrected chi connectivity index (χ3v) is 3.49. The lowest BCUT2D eigenvalue weighted by atomic mass is 9.83. The van der Waals surface area contributed by atoms with Gasteiger partial charge in [-0.2, -0.15) is 0 Å². The molecule has 106 valence electrons. The summed E-state index contributed by atoms with van der Waals surface area (Å²) in [7, 11) is 0. The molecule has 0 saturated carbocycles. The Morgan fingerprint density at radius 3 is 2.47 bits per heavy atom. The molecular weight excluding hydrogens is 261 g/mol. The van der Waals surface area contributed by atoms with Crippen LogP contribution in [0.1, 0.15) is 33.3 Å². The van der Waals surface area contributed by atoms with Gasteiger partial charge in [0.25, 0.3) is 0 Å². The number of nitrogens with one attached hydrogen (secondary N) is 1. The second-order valence-electron chi connectivity index (χ2n) is 6.37. The Kier molecular flexibility index (Phi) is 5.17. The van der Waals surface area contributed by atoms with Crippen LogP contribution in [0.5, 0.6) is 0 Å². The number of hydrogen-bond acceptors (Lipinski definition) is 1. The van der Waals surface area contributed by atoms with E-state index in [0.29, 0.717) is 11.4 Å². The van der Waals surface area contributed by atoms with E-state index in [4.69, 9.17) is 11.6 Å². The lowest BCUT2D eigenvalue weighted by molar-refractivity contribution is 0.322. The molecule has 1 aromatic rings. The van der Waals surface area contributed by atoms with Crippen molar-refractivity contribution in [1.29, 1.82) is 0 Å². The smallest absolute Gasteiger partial charge is 0.123 e. The lowest BCUT2D eigenvalue weighted by Crippen LogP contribution is -2.43. The van der Waals surface area contributed by atoms with E-state index in [1.54, 1.807) is 6.07 Å². The number of hydrogen-bond donors (Lipinski definition) is 1. The second kappa shape index (κ2) is 6.06. The number of halogens is 2. The van der Waals surface area contributed by atoms with Gasteiger partial charge in [-0.15, -0.1) is 6.58 Å². The molecule has 1 N–H and O–H groups in total. The Bertz CT molecular complexity index is 451. The van der Waals surface area contributed by atoms with Crippen molar-refractivity contribution in [1.82, 2.24) is 5.32 Å². The molecule has 0 amide bonds. The van der Waals surface area contributed by atoms with Gasteiger partial charge in [0.1, 0.15) is 5.82 Å². The van der Waals surface area contributed by atoms with E-state index in [9.17, 15) is 4.39 Å². The van der Waals surface area contributed by atoms with Crippen molar-refractivity contribution in [2.45, 2.75) is 39.7 Å². The third kappa shape index (κ3) is 5.33. The van der Waals surface area contributed by atoms with Crippen molar-refractivity contribution in [2.24, 2.45) is 5.41 Å².